The van der Waals surface area contributed by atoms with Gasteiger partial charge in [0, 0.05) is 22.4 Å². The minimum Gasteiger partial charge on any atom is -0.497 e. The van der Waals surface area contributed by atoms with Crippen LogP contribution in [0.25, 0.3) is 33.2 Å². The molecule has 1 N–H and O–H groups in total. The van der Waals surface area contributed by atoms with Crippen molar-refractivity contribution in [1.82, 2.24) is 9.97 Å². The first-order valence-electron chi connectivity index (χ1n) is 9.90. The van der Waals surface area contributed by atoms with E-state index in [9.17, 15) is 0 Å². The van der Waals surface area contributed by atoms with Gasteiger partial charge in [0.05, 0.1) is 18.0 Å². The number of ether oxygens (including phenoxy) is 1. The highest BCUT2D eigenvalue weighted by Gasteiger charge is 2.08. The highest BCUT2D eigenvalue weighted by Crippen LogP contribution is 2.25. The van der Waals surface area contributed by atoms with Crippen molar-refractivity contribution in [3.63, 3.8) is 0 Å². The molecule has 0 atom stereocenters. The van der Waals surface area contributed by atoms with Crippen LogP contribution in [0, 0.1) is 6.92 Å². The minimum absolute atomic E-state index is 0.651. The first-order valence-corrected chi connectivity index (χ1v) is 9.90. The molecular formula is C25H20N4O2. The monoisotopic (exact) mass is 408 g/mol. The lowest BCUT2D eigenvalue weighted by Gasteiger charge is -2.08. The fourth-order valence-corrected chi connectivity index (χ4v) is 3.48. The van der Waals surface area contributed by atoms with Gasteiger partial charge in [-0.2, -0.15) is 5.10 Å². The van der Waals surface area contributed by atoms with Crippen LogP contribution in [0.4, 0.5) is 5.82 Å². The van der Waals surface area contributed by atoms with Crippen LogP contribution in [0.5, 0.6) is 5.75 Å². The van der Waals surface area contributed by atoms with Crippen molar-refractivity contribution in [2.24, 2.45) is 5.10 Å². The number of benzene rings is 3. The van der Waals surface area contributed by atoms with Crippen LogP contribution in [-0.2, 0) is 0 Å². The number of hydrogen-bond acceptors (Lipinski definition) is 6. The third-order valence-electron chi connectivity index (χ3n) is 5.10. The molecule has 0 spiro atoms. The van der Waals surface area contributed by atoms with Crippen molar-refractivity contribution in [1.29, 1.82) is 0 Å². The van der Waals surface area contributed by atoms with E-state index >= 15 is 0 Å². The van der Waals surface area contributed by atoms with Gasteiger partial charge in [0.1, 0.15) is 23.4 Å². The maximum Gasteiger partial charge on any atom is 0.157 e. The van der Waals surface area contributed by atoms with E-state index in [0.717, 1.165) is 44.1 Å². The maximum absolute atomic E-state index is 6.19. The van der Waals surface area contributed by atoms with E-state index in [4.69, 9.17) is 14.3 Å². The van der Waals surface area contributed by atoms with Crippen LogP contribution in [0.15, 0.2) is 88.6 Å². The SMILES string of the molecule is COc1ccc(-c2c/c(=N\Nc3ncnc4ccccc34)c3cc(C)ccc3o2)cc1. The van der Waals surface area contributed by atoms with E-state index < -0.39 is 0 Å². The number of nitrogens with one attached hydrogen (secondary N) is 1. The van der Waals surface area contributed by atoms with Gasteiger partial charge in [-0.1, -0.05) is 23.8 Å². The smallest absolute Gasteiger partial charge is 0.157 e. The molecule has 0 aliphatic heterocycles. The Morgan fingerprint density at radius 3 is 2.58 bits per heavy atom. The van der Waals surface area contributed by atoms with Crippen molar-refractivity contribution in [2.45, 2.75) is 6.92 Å². The topological polar surface area (TPSA) is 72.5 Å². The van der Waals surface area contributed by atoms with Gasteiger partial charge in [0.25, 0.3) is 0 Å². The number of para-hydroxylation sites is 1. The molecule has 31 heavy (non-hydrogen) atoms. The van der Waals surface area contributed by atoms with Crippen LogP contribution < -0.4 is 15.5 Å². The fourth-order valence-electron chi connectivity index (χ4n) is 3.48. The second-order valence-corrected chi connectivity index (χ2v) is 7.19. The summed E-state index contributed by atoms with van der Waals surface area (Å²) in [6.45, 7) is 2.05. The van der Waals surface area contributed by atoms with Gasteiger partial charge in [0.2, 0.25) is 0 Å². The summed E-state index contributed by atoms with van der Waals surface area (Å²) in [6.07, 6.45) is 1.53. The van der Waals surface area contributed by atoms with E-state index in [1.165, 1.54) is 6.33 Å². The van der Waals surface area contributed by atoms with Crippen molar-refractivity contribution in [3.05, 3.63) is 90.0 Å². The zero-order valence-corrected chi connectivity index (χ0v) is 17.2. The van der Waals surface area contributed by atoms with Gasteiger partial charge < -0.3 is 9.15 Å². The third kappa shape index (κ3) is 3.71. The summed E-state index contributed by atoms with van der Waals surface area (Å²) >= 11 is 0. The molecule has 5 aromatic rings. The molecule has 3 aromatic carbocycles. The van der Waals surface area contributed by atoms with Gasteiger partial charge >= 0.3 is 0 Å². The van der Waals surface area contributed by atoms with Crippen molar-refractivity contribution >= 4 is 27.7 Å². The van der Waals surface area contributed by atoms with Gasteiger partial charge in [-0.15, -0.1) is 0 Å². The van der Waals surface area contributed by atoms with Crippen LogP contribution >= 0.6 is 0 Å². The Morgan fingerprint density at radius 2 is 1.74 bits per heavy atom. The van der Waals surface area contributed by atoms with Crippen LogP contribution in [0.1, 0.15) is 5.56 Å². The van der Waals surface area contributed by atoms with Crippen molar-refractivity contribution in [2.75, 3.05) is 12.5 Å². The Labute approximate surface area is 178 Å². The number of anilines is 1. The molecule has 5 rings (SSSR count). The first-order chi connectivity index (χ1) is 15.2. The molecule has 2 aromatic heterocycles. The molecule has 0 saturated heterocycles. The lowest BCUT2D eigenvalue weighted by atomic mass is 10.1. The van der Waals surface area contributed by atoms with Gasteiger partial charge in [-0.05, 0) is 55.5 Å². The number of rotatable bonds is 4. The van der Waals surface area contributed by atoms with E-state index in [1.54, 1.807) is 7.11 Å². The van der Waals surface area contributed by atoms with E-state index in [0.29, 0.717) is 11.6 Å². The highest BCUT2D eigenvalue weighted by molar-refractivity contribution is 5.88. The standard InChI is InChI=1S/C25H20N4O2/c1-16-7-12-23-20(13-16)22(14-24(31-23)17-8-10-18(30-2)11-9-17)28-29-25-19-5-3-4-6-21(19)26-15-27-25/h3-15H,1-2H3,(H,26,27,29)/b28-22+. The number of methoxy groups -OCH3 is 1. The number of aromatic nitrogens is 2. The Morgan fingerprint density at radius 1 is 0.903 bits per heavy atom. The summed E-state index contributed by atoms with van der Waals surface area (Å²) < 4.78 is 11.4. The van der Waals surface area contributed by atoms with Crippen molar-refractivity contribution < 1.29 is 9.15 Å². The number of aryl methyl sites for hydroxylation is 1. The maximum atomic E-state index is 6.19. The third-order valence-corrected chi connectivity index (χ3v) is 5.10. The second-order valence-electron chi connectivity index (χ2n) is 7.19. The molecule has 0 aliphatic carbocycles. The van der Waals surface area contributed by atoms with Gasteiger partial charge in [-0.3, -0.25) is 5.43 Å². The molecule has 6 heteroatoms. The number of hydrogen-bond donors (Lipinski definition) is 1. The highest BCUT2D eigenvalue weighted by atomic mass is 16.5. The quantitative estimate of drug-likeness (QED) is 0.409. The molecule has 0 aliphatic rings. The van der Waals surface area contributed by atoms with Crippen LogP contribution in [-0.4, -0.2) is 17.1 Å². The molecule has 0 saturated carbocycles. The molecule has 0 fully saturated rings. The Bertz CT molecular complexity index is 1450. The summed E-state index contributed by atoms with van der Waals surface area (Å²) in [4.78, 5) is 8.67. The average Bonchev–Trinajstić information content (AvgIpc) is 2.82. The fraction of sp³-hybridized carbons (Fsp3) is 0.0800. The Kier molecular flexibility index (Phi) is 4.80. The van der Waals surface area contributed by atoms with Crippen LogP contribution in [0.2, 0.25) is 0 Å². The van der Waals surface area contributed by atoms with Gasteiger partial charge in [0.15, 0.2) is 5.82 Å². The average molecular weight is 408 g/mol. The van der Waals surface area contributed by atoms with E-state index in [1.807, 2.05) is 73.7 Å². The largest absolute Gasteiger partial charge is 0.497 e. The molecule has 6 nitrogen and oxygen atoms in total. The van der Waals surface area contributed by atoms with E-state index in [-0.39, 0.29) is 0 Å². The zero-order chi connectivity index (χ0) is 21.2. The Balaban J connectivity index is 1.66. The van der Waals surface area contributed by atoms with Gasteiger partial charge in [-0.25, -0.2) is 9.97 Å². The molecule has 2 heterocycles. The molecule has 0 unspecified atom stereocenters. The van der Waals surface area contributed by atoms with Crippen LogP contribution in [0.3, 0.4) is 0 Å². The van der Waals surface area contributed by atoms with E-state index in [2.05, 4.69) is 21.5 Å². The lowest BCUT2D eigenvalue weighted by molar-refractivity contribution is 0.415. The molecule has 0 bridgehead atoms. The second kappa shape index (κ2) is 7.91. The number of nitrogens with zero attached hydrogens (tertiary/aromatic N) is 3. The summed E-state index contributed by atoms with van der Waals surface area (Å²) in [7, 11) is 1.65. The summed E-state index contributed by atoms with van der Waals surface area (Å²) in [6, 6.07) is 23.6. The predicted molar refractivity (Wildman–Crippen MR) is 122 cm³/mol. The predicted octanol–water partition coefficient (Wildman–Crippen LogP) is 5.29. The Hall–Kier alpha value is -4.19. The zero-order valence-electron chi connectivity index (χ0n) is 17.2. The summed E-state index contributed by atoms with van der Waals surface area (Å²) in [5, 5.41) is 7.28. The lowest BCUT2D eigenvalue weighted by Crippen LogP contribution is -2.08. The molecule has 0 amide bonds. The molecular weight excluding hydrogens is 388 g/mol. The summed E-state index contributed by atoms with van der Waals surface area (Å²) in [5.41, 5.74) is 6.81. The number of fused-ring (bicyclic) bond motifs is 2. The molecule has 0 radical (unpaired) electrons. The first kappa shape index (κ1) is 18.8. The summed E-state index contributed by atoms with van der Waals surface area (Å²) in [5.74, 6) is 2.16. The van der Waals surface area contributed by atoms with Crippen molar-refractivity contribution in [3.8, 4) is 17.1 Å². The minimum atomic E-state index is 0.651. The normalized spacial score (nSPS) is 11.7. The molecule has 152 valence electrons.